The highest BCUT2D eigenvalue weighted by atomic mass is 16.2. The number of amides is 2. The van der Waals surface area contributed by atoms with Crippen LogP contribution < -0.4 is 0 Å². The molecule has 3 nitrogen and oxygen atoms in total. The van der Waals surface area contributed by atoms with Gasteiger partial charge in [-0.3, -0.25) is 14.5 Å². The van der Waals surface area contributed by atoms with Crippen molar-refractivity contribution in [2.75, 3.05) is 0 Å². The number of carbonyl (C=O) groups excluding carboxylic acids is 2. The first kappa shape index (κ1) is 11.2. The molecule has 92 valence electrons. The third-order valence-corrected chi connectivity index (χ3v) is 3.94. The van der Waals surface area contributed by atoms with Crippen LogP contribution >= 0.6 is 0 Å². The molecule has 3 rings (SSSR count). The van der Waals surface area contributed by atoms with Crippen LogP contribution in [0.3, 0.4) is 0 Å². The Bertz CT molecular complexity index is 556. The van der Waals surface area contributed by atoms with Crippen molar-refractivity contribution < 1.29 is 9.59 Å². The number of nitrogens with zero attached hydrogens (tertiary/aromatic N) is 1. The highest BCUT2D eigenvalue weighted by Crippen LogP contribution is 2.45. The lowest BCUT2D eigenvalue weighted by molar-refractivity contribution is -0.139. The second-order valence-corrected chi connectivity index (χ2v) is 5.11. The van der Waals surface area contributed by atoms with E-state index in [-0.39, 0.29) is 17.9 Å². The molecular formula is C15H15NO2. The van der Waals surface area contributed by atoms with Crippen LogP contribution in [0, 0.1) is 6.92 Å². The van der Waals surface area contributed by atoms with E-state index in [9.17, 15) is 9.59 Å². The number of aryl methyl sites for hydroxylation is 1. The van der Waals surface area contributed by atoms with Crippen LogP contribution in [-0.2, 0) is 9.59 Å². The molecular weight excluding hydrogens is 226 g/mol. The minimum absolute atomic E-state index is 0.0927. The van der Waals surface area contributed by atoms with E-state index in [1.807, 2.05) is 12.1 Å². The van der Waals surface area contributed by atoms with Gasteiger partial charge in [-0.2, -0.15) is 0 Å². The predicted octanol–water partition coefficient (Wildman–Crippen LogP) is 2.47. The largest absolute Gasteiger partial charge is 0.269 e. The molecule has 2 atom stereocenters. The first-order valence-corrected chi connectivity index (χ1v) is 6.24. The molecule has 1 aromatic rings. The maximum Gasteiger partial charge on any atom is 0.254 e. The molecule has 0 N–H and O–H groups in total. The molecule has 0 spiro atoms. The fourth-order valence-corrected chi connectivity index (χ4v) is 3.21. The van der Waals surface area contributed by atoms with Crippen molar-refractivity contribution in [3.63, 3.8) is 0 Å². The topological polar surface area (TPSA) is 37.4 Å². The van der Waals surface area contributed by atoms with Crippen LogP contribution in [0.1, 0.15) is 42.0 Å². The number of hydrogen-bond acceptors (Lipinski definition) is 2. The van der Waals surface area contributed by atoms with Crippen molar-refractivity contribution in [2.24, 2.45) is 0 Å². The number of imide groups is 1. The summed E-state index contributed by atoms with van der Waals surface area (Å²) in [6.45, 7) is 4.24. The third-order valence-electron chi connectivity index (χ3n) is 3.94. The van der Waals surface area contributed by atoms with Crippen molar-refractivity contribution in [1.29, 1.82) is 0 Å². The predicted molar refractivity (Wildman–Crippen MR) is 67.9 cm³/mol. The van der Waals surface area contributed by atoms with Crippen LogP contribution in [0.15, 0.2) is 30.4 Å². The van der Waals surface area contributed by atoms with E-state index in [1.54, 1.807) is 0 Å². The number of carbonyl (C=O) groups is 2. The van der Waals surface area contributed by atoms with Crippen molar-refractivity contribution >= 4 is 11.8 Å². The fraction of sp³-hybridized carbons (Fsp3) is 0.333. The lowest BCUT2D eigenvalue weighted by atomic mass is 9.98. The van der Waals surface area contributed by atoms with Crippen LogP contribution in [0.5, 0.6) is 0 Å². The molecule has 0 unspecified atom stereocenters. The minimum atomic E-state index is -0.188. The van der Waals surface area contributed by atoms with Gasteiger partial charge in [0, 0.05) is 12.2 Å². The van der Waals surface area contributed by atoms with Gasteiger partial charge in [0.1, 0.15) is 0 Å². The van der Waals surface area contributed by atoms with Gasteiger partial charge in [0.2, 0.25) is 0 Å². The quantitative estimate of drug-likeness (QED) is 0.708. The van der Waals surface area contributed by atoms with Gasteiger partial charge in [-0.15, -0.1) is 0 Å². The van der Waals surface area contributed by atoms with Crippen LogP contribution in [0.25, 0.3) is 0 Å². The van der Waals surface area contributed by atoms with Gasteiger partial charge in [0.05, 0.1) is 6.04 Å². The summed E-state index contributed by atoms with van der Waals surface area (Å²) in [7, 11) is 0. The Balaban J connectivity index is 2.06. The third kappa shape index (κ3) is 1.43. The van der Waals surface area contributed by atoms with Gasteiger partial charge in [-0.25, -0.2) is 0 Å². The Kier molecular flexibility index (Phi) is 2.37. The fourth-order valence-electron chi connectivity index (χ4n) is 3.21. The average Bonchev–Trinajstić information content (AvgIpc) is 2.82. The first-order valence-electron chi connectivity index (χ1n) is 6.24. The van der Waals surface area contributed by atoms with Crippen molar-refractivity contribution in [3.05, 3.63) is 47.0 Å². The van der Waals surface area contributed by atoms with E-state index < -0.39 is 0 Å². The summed E-state index contributed by atoms with van der Waals surface area (Å²) in [5, 5.41) is 0. The Labute approximate surface area is 106 Å². The highest BCUT2D eigenvalue weighted by Gasteiger charge is 2.39. The van der Waals surface area contributed by atoms with Crippen LogP contribution in [-0.4, -0.2) is 16.7 Å². The van der Waals surface area contributed by atoms with E-state index in [1.165, 1.54) is 28.2 Å². The molecule has 18 heavy (non-hydrogen) atoms. The van der Waals surface area contributed by atoms with Crippen molar-refractivity contribution in [2.45, 2.75) is 32.2 Å². The van der Waals surface area contributed by atoms with E-state index >= 15 is 0 Å². The molecule has 0 saturated heterocycles. The highest BCUT2D eigenvalue weighted by molar-refractivity contribution is 6.13. The minimum Gasteiger partial charge on any atom is -0.269 e. The number of benzene rings is 1. The second kappa shape index (κ2) is 3.80. The van der Waals surface area contributed by atoms with Gasteiger partial charge < -0.3 is 0 Å². The lowest BCUT2D eigenvalue weighted by Gasteiger charge is -2.23. The number of hydrogen-bond donors (Lipinski definition) is 0. The molecule has 1 aliphatic heterocycles. The molecule has 3 heteroatoms. The van der Waals surface area contributed by atoms with E-state index in [2.05, 4.69) is 19.9 Å². The number of rotatable bonds is 1. The SMILES string of the molecule is Cc1cccc2c1[C@@H](C)C[C@@H]2N1C(=O)C=CC1=O. The Morgan fingerprint density at radius 2 is 1.83 bits per heavy atom. The maximum atomic E-state index is 11.8. The van der Waals surface area contributed by atoms with Gasteiger partial charge in [-0.05, 0) is 36.0 Å². The normalized spacial score (nSPS) is 26.0. The Morgan fingerprint density at radius 3 is 2.50 bits per heavy atom. The van der Waals surface area contributed by atoms with E-state index in [4.69, 9.17) is 0 Å². The Hall–Kier alpha value is -1.90. The molecule has 1 heterocycles. The summed E-state index contributed by atoms with van der Waals surface area (Å²) in [5.74, 6) is 0.0190. The molecule has 1 aliphatic carbocycles. The summed E-state index contributed by atoms with van der Waals surface area (Å²) in [6, 6.07) is 6.03. The molecule has 0 radical (unpaired) electrons. The number of fused-ring (bicyclic) bond motifs is 1. The second-order valence-electron chi connectivity index (χ2n) is 5.11. The van der Waals surface area contributed by atoms with E-state index in [0.29, 0.717) is 5.92 Å². The molecule has 2 aliphatic rings. The van der Waals surface area contributed by atoms with Crippen LogP contribution in [0.4, 0.5) is 0 Å². The monoisotopic (exact) mass is 241 g/mol. The van der Waals surface area contributed by atoms with Crippen LogP contribution in [0.2, 0.25) is 0 Å². The zero-order valence-corrected chi connectivity index (χ0v) is 10.5. The van der Waals surface area contributed by atoms with Gasteiger partial charge in [0.15, 0.2) is 0 Å². The molecule has 0 saturated carbocycles. The molecule has 2 amide bonds. The summed E-state index contributed by atoms with van der Waals surface area (Å²) in [5.41, 5.74) is 3.68. The Morgan fingerprint density at radius 1 is 1.17 bits per heavy atom. The molecule has 1 aromatic carbocycles. The van der Waals surface area contributed by atoms with Gasteiger partial charge >= 0.3 is 0 Å². The first-order chi connectivity index (χ1) is 8.59. The summed E-state index contributed by atoms with van der Waals surface area (Å²) in [6.07, 6.45) is 3.56. The van der Waals surface area contributed by atoms with Crippen molar-refractivity contribution in [3.8, 4) is 0 Å². The zero-order chi connectivity index (χ0) is 12.9. The lowest BCUT2D eigenvalue weighted by Crippen LogP contribution is -2.33. The van der Waals surface area contributed by atoms with Gasteiger partial charge in [0.25, 0.3) is 11.8 Å². The standard InChI is InChI=1S/C15H15NO2/c1-9-4-3-5-11-12(8-10(2)15(9)11)16-13(17)6-7-14(16)18/h3-7,10,12H,8H2,1-2H3/t10-,12-/m0/s1. The summed E-state index contributed by atoms with van der Waals surface area (Å²) < 4.78 is 0. The maximum absolute atomic E-state index is 11.8. The summed E-state index contributed by atoms with van der Waals surface area (Å²) >= 11 is 0. The van der Waals surface area contributed by atoms with Crippen molar-refractivity contribution in [1.82, 2.24) is 4.90 Å². The smallest absolute Gasteiger partial charge is 0.254 e. The molecule has 0 aromatic heterocycles. The average molecular weight is 241 g/mol. The molecule has 0 bridgehead atoms. The summed E-state index contributed by atoms with van der Waals surface area (Å²) in [4.78, 5) is 25.0. The molecule has 0 fully saturated rings. The van der Waals surface area contributed by atoms with Gasteiger partial charge in [-0.1, -0.05) is 25.1 Å². The zero-order valence-electron chi connectivity index (χ0n) is 10.5. The van der Waals surface area contributed by atoms with E-state index in [0.717, 1.165) is 12.0 Å².